The highest BCUT2D eigenvalue weighted by atomic mass is 19.4. The van der Waals surface area contributed by atoms with Crippen molar-refractivity contribution in [2.45, 2.75) is 12.7 Å². The standard InChI is InChI=1S/C16H13F3N4O/c17-16(18,19)10-3-1-9(2-4-10)7-23-8-13(14(21)24)12-5-11(20)6-22-15(12)23/h1-6,8H,7,20H2,(H2,21,24). The number of carbonyl (C=O) groups excluding carboxylic acids is 1. The van der Waals surface area contributed by atoms with Crippen LogP contribution in [0.5, 0.6) is 0 Å². The van der Waals surface area contributed by atoms with Gasteiger partial charge in [0.2, 0.25) is 0 Å². The average molecular weight is 334 g/mol. The number of fused-ring (bicyclic) bond motifs is 1. The normalized spacial score (nSPS) is 11.8. The Morgan fingerprint density at radius 3 is 2.46 bits per heavy atom. The highest BCUT2D eigenvalue weighted by molar-refractivity contribution is 6.06. The second-order valence-corrected chi connectivity index (χ2v) is 5.37. The van der Waals surface area contributed by atoms with E-state index in [1.165, 1.54) is 24.5 Å². The number of anilines is 1. The average Bonchev–Trinajstić information content (AvgIpc) is 2.85. The van der Waals surface area contributed by atoms with E-state index in [2.05, 4.69) is 4.98 Å². The van der Waals surface area contributed by atoms with Gasteiger partial charge in [0, 0.05) is 18.1 Å². The van der Waals surface area contributed by atoms with E-state index in [1.54, 1.807) is 10.6 Å². The highest BCUT2D eigenvalue weighted by Crippen LogP contribution is 2.29. The van der Waals surface area contributed by atoms with Gasteiger partial charge in [0.15, 0.2) is 0 Å². The number of benzene rings is 1. The lowest BCUT2D eigenvalue weighted by Crippen LogP contribution is -2.10. The first-order valence-electron chi connectivity index (χ1n) is 6.96. The summed E-state index contributed by atoms with van der Waals surface area (Å²) < 4.78 is 39.5. The van der Waals surface area contributed by atoms with Gasteiger partial charge >= 0.3 is 6.18 Å². The van der Waals surface area contributed by atoms with E-state index in [1.807, 2.05) is 0 Å². The Bertz CT molecular complexity index is 913. The lowest BCUT2D eigenvalue weighted by Gasteiger charge is -2.09. The molecule has 0 fully saturated rings. The molecule has 0 radical (unpaired) electrons. The summed E-state index contributed by atoms with van der Waals surface area (Å²) in [5.41, 5.74) is 12.1. The van der Waals surface area contributed by atoms with E-state index < -0.39 is 17.6 Å². The first kappa shape index (κ1) is 15.9. The third-order valence-corrected chi connectivity index (χ3v) is 3.63. The van der Waals surface area contributed by atoms with Gasteiger partial charge in [-0.2, -0.15) is 13.2 Å². The second-order valence-electron chi connectivity index (χ2n) is 5.37. The van der Waals surface area contributed by atoms with Crippen molar-refractivity contribution in [3.63, 3.8) is 0 Å². The van der Waals surface area contributed by atoms with Crippen LogP contribution in [0.1, 0.15) is 21.5 Å². The van der Waals surface area contributed by atoms with Gasteiger partial charge in [-0.25, -0.2) is 4.98 Å². The highest BCUT2D eigenvalue weighted by Gasteiger charge is 2.29. The Kier molecular flexibility index (Phi) is 3.67. The third-order valence-electron chi connectivity index (χ3n) is 3.63. The molecule has 0 saturated carbocycles. The minimum atomic E-state index is -4.38. The molecule has 0 saturated heterocycles. The van der Waals surface area contributed by atoms with Crippen molar-refractivity contribution in [2.75, 3.05) is 5.73 Å². The summed E-state index contributed by atoms with van der Waals surface area (Å²) in [5.74, 6) is -0.626. The van der Waals surface area contributed by atoms with Gasteiger partial charge in [0.05, 0.1) is 23.0 Å². The predicted molar refractivity (Wildman–Crippen MR) is 83.2 cm³/mol. The molecule has 0 atom stereocenters. The van der Waals surface area contributed by atoms with Crippen LogP contribution in [0, 0.1) is 0 Å². The number of hydrogen-bond acceptors (Lipinski definition) is 3. The quantitative estimate of drug-likeness (QED) is 0.772. The van der Waals surface area contributed by atoms with Crippen molar-refractivity contribution < 1.29 is 18.0 Å². The molecular formula is C16H13F3N4O. The van der Waals surface area contributed by atoms with Crippen molar-refractivity contribution in [2.24, 2.45) is 5.73 Å². The molecule has 2 aromatic heterocycles. The molecule has 3 aromatic rings. The maximum absolute atomic E-state index is 12.6. The first-order chi connectivity index (χ1) is 11.3. The number of nitrogens with two attached hydrogens (primary N) is 2. The molecule has 8 heteroatoms. The van der Waals surface area contributed by atoms with Gasteiger partial charge in [-0.3, -0.25) is 4.79 Å². The van der Waals surface area contributed by atoms with E-state index >= 15 is 0 Å². The Hall–Kier alpha value is -3.03. The molecule has 0 unspecified atom stereocenters. The van der Waals surface area contributed by atoms with E-state index in [4.69, 9.17) is 11.5 Å². The number of halogens is 3. The van der Waals surface area contributed by atoms with Gasteiger partial charge in [0.25, 0.3) is 5.91 Å². The molecule has 5 nitrogen and oxygen atoms in total. The molecule has 2 heterocycles. The van der Waals surface area contributed by atoms with Crippen molar-refractivity contribution >= 4 is 22.6 Å². The number of aromatic nitrogens is 2. The van der Waals surface area contributed by atoms with Gasteiger partial charge < -0.3 is 16.0 Å². The number of rotatable bonds is 3. The molecule has 0 bridgehead atoms. The molecule has 0 spiro atoms. The molecule has 0 aliphatic heterocycles. The summed E-state index contributed by atoms with van der Waals surface area (Å²) in [6.45, 7) is 0.249. The largest absolute Gasteiger partial charge is 0.416 e. The summed E-state index contributed by atoms with van der Waals surface area (Å²) >= 11 is 0. The fourth-order valence-electron chi connectivity index (χ4n) is 2.50. The zero-order valence-electron chi connectivity index (χ0n) is 12.3. The van der Waals surface area contributed by atoms with E-state index in [9.17, 15) is 18.0 Å². The minimum absolute atomic E-state index is 0.249. The first-order valence-corrected chi connectivity index (χ1v) is 6.96. The molecule has 24 heavy (non-hydrogen) atoms. The molecule has 1 amide bonds. The lowest BCUT2D eigenvalue weighted by atomic mass is 10.1. The van der Waals surface area contributed by atoms with Crippen molar-refractivity contribution in [1.82, 2.24) is 9.55 Å². The lowest BCUT2D eigenvalue weighted by molar-refractivity contribution is -0.137. The number of hydrogen-bond donors (Lipinski definition) is 2. The van der Waals surface area contributed by atoms with Gasteiger partial charge in [-0.1, -0.05) is 12.1 Å². The minimum Gasteiger partial charge on any atom is -0.397 e. The molecule has 0 aliphatic rings. The third kappa shape index (κ3) is 2.90. The summed E-state index contributed by atoms with van der Waals surface area (Å²) in [6, 6.07) is 6.39. The van der Waals surface area contributed by atoms with Crippen LogP contribution in [0.4, 0.5) is 18.9 Å². The van der Waals surface area contributed by atoms with Crippen LogP contribution in [0.15, 0.2) is 42.7 Å². The molecule has 124 valence electrons. The van der Waals surface area contributed by atoms with Crippen LogP contribution < -0.4 is 11.5 Å². The topological polar surface area (TPSA) is 86.9 Å². The maximum atomic E-state index is 12.6. The zero-order chi connectivity index (χ0) is 17.5. The van der Waals surface area contributed by atoms with Crippen LogP contribution in [0.2, 0.25) is 0 Å². The van der Waals surface area contributed by atoms with Gasteiger partial charge in [0.1, 0.15) is 5.65 Å². The second kappa shape index (κ2) is 5.55. The number of nitrogens with zero attached hydrogens (tertiary/aromatic N) is 2. The summed E-state index contributed by atoms with van der Waals surface area (Å²) in [6.07, 6.45) is -1.41. The summed E-state index contributed by atoms with van der Waals surface area (Å²) in [4.78, 5) is 15.7. The van der Waals surface area contributed by atoms with Gasteiger partial charge in [-0.05, 0) is 23.8 Å². The van der Waals surface area contributed by atoms with Crippen LogP contribution in [0.3, 0.4) is 0 Å². The summed E-state index contributed by atoms with van der Waals surface area (Å²) in [5, 5.41) is 0.509. The van der Waals surface area contributed by atoms with Gasteiger partial charge in [-0.15, -0.1) is 0 Å². The van der Waals surface area contributed by atoms with Crippen LogP contribution in [0.25, 0.3) is 11.0 Å². The maximum Gasteiger partial charge on any atom is 0.416 e. The molecule has 1 aromatic carbocycles. The Morgan fingerprint density at radius 1 is 1.21 bits per heavy atom. The Balaban J connectivity index is 2.00. The van der Waals surface area contributed by atoms with Crippen molar-refractivity contribution in [3.8, 4) is 0 Å². The number of amides is 1. The molecule has 3 rings (SSSR count). The van der Waals surface area contributed by atoms with Crippen LogP contribution in [-0.4, -0.2) is 15.5 Å². The van der Waals surface area contributed by atoms with Crippen LogP contribution in [-0.2, 0) is 12.7 Å². The Morgan fingerprint density at radius 2 is 1.88 bits per heavy atom. The number of nitrogen functional groups attached to an aromatic ring is 1. The summed E-state index contributed by atoms with van der Waals surface area (Å²) in [7, 11) is 0. The van der Waals surface area contributed by atoms with E-state index in [0.717, 1.165) is 12.1 Å². The molecule has 4 N–H and O–H groups in total. The molecule has 0 aliphatic carbocycles. The zero-order valence-corrected chi connectivity index (χ0v) is 12.3. The van der Waals surface area contributed by atoms with Crippen molar-refractivity contribution in [3.05, 3.63) is 59.4 Å². The monoisotopic (exact) mass is 334 g/mol. The fraction of sp³-hybridized carbons (Fsp3) is 0.125. The number of alkyl halides is 3. The smallest absolute Gasteiger partial charge is 0.397 e. The number of pyridine rings is 1. The van der Waals surface area contributed by atoms with Crippen LogP contribution >= 0.6 is 0 Å². The van der Waals surface area contributed by atoms with E-state index in [0.29, 0.717) is 22.3 Å². The number of primary amides is 1. The fourth-order valence-corrected chi connectivity index (χ4v) is 2.50. The molecular weight excluding hydrogens is 321 g/mol. The Labute approximate surface area is 134 Å². The predicted octanol–water partition coefficient (Wildman–Crippen LogP) is 2.78. The van der Waals surface area contributed by atoms with Crippen molar-refractivity contribution in [1.29, 1.82) is 0 Å². The van der Waals surface area contributed by atoms with E-state index in [-0.39, 0.29) is 12.1 Å². The SMILES string of the molecule is NC(=O)c1cn(Cc2ccc(C(F)(F)F)cc2)c2ncc(N)cc12. The number of carbonyl (C=O) groups is 1.